The summed E-state index contributed by atoms with van der Waals surface area (Å²) in [5, 5.41) is 3.31. The summed E-state index contributed by atoms with van der Waals surface area (Å²) in [6.45, 7) is 5.84. The van der Waals surface area contributed by atoms with Crippen molar-refractivity contribution in [2.45, 2.75) is 32.4 Å². The molecule has 0 aliphatic carbocycles. The molecule has 1 heterocycles. The average Bonchev–Trinajstić information content (AvgIpc) is 2.57. The molecule has 100 valence electrons. The van der Waals surface area contributed by atoms with E-state index in [-0.39, 0.29) is 5.60 Å². The Morgan fingerprint density at radius 3 is 2.94 bits per heavy atom. The van der Waals surface area contributed by atoms with Crippen LogP contribution in [0.15, 0.2) is 18.2 Å². The van der Waals surface area contributed by atoms with E-state index in [2.05, 4.69) is 37.4 Å². The van der Waals surface area contributed by atoms with Crippen LogP contribution in [0.2, 0.25) is 0 Å². The molecule has 3 nitrogen and oxygen atoms in total. The number of hydrogen-bond donors (Lipinski definition) is 1. The minimum absolute atomic E-state index is 0.0759. The molecule has 1 N–H and O–H groups in total. The first-order valence-electron chi connectivity index (χ1n) is 6.28. The van der Waals surface area contributed by atoms with E-state index in [1.807, 2.05) is 0 Å². The Morgan fingerprint density at radius 1 is 1.44 bits per heavy atom. The fourth-order valence-electron chi connectivity index (χ4n) is 2.22. The molecule has 0 radical (unpaired) electrons. The summed E-state index contributed by atoms with van der Waals surface area (Å²) >= 11 is 0. The van der Waals surface area contributed by atoms with Gasteiger partial charge in [0.25, 0.3) is 0 Å². The summed E-state index contributed by atoms with van der Waals surface area (Å²) < 4.78 is 16.8. The monoisotopic (exact) mass is 267 g/mol. The second kappa shape index (κ2) is 5.41. The highest BCUT2D eigenvalue weighted by Gasteiger charge is 2.29. The molecule has 4 heteroatoms. The van der Waals surface area contributed by atoms with Gasteiger partial charge in [0.2, 0.25) is 0 Å². The Bertz CT molecular complexity index is 457. The predicted octanol–water partition coefficient (Wildman–Crippen LogP) is 1.87. The second-order valence-corrected chi connectivity index (χ2v) is 6.99. The highest BCUT2D eigenvalue weighted by Crippen LogP contribution is 2.35. The molecule has 2 rings (SSSR count). The van der Waals surface area contributed by atoms with E-state index in [4.69, 9.17) is 4.74 Å². The van der Waals surface area contributed by atoms with Gasteiger partial charge in [0.15, 0.2) is 0 Å². The van der Waals surface area contributed by atoms with Gasteiger partial charge in [-0.2, -0.15) is 0 Å². The van der Waals surface area contributed by atoms with Crippen molar-refractivity contribution < 1.29 is 8.95 Å². The lowest BCUT2D eigenvalue weighted by atomic mass is 10.0. The number of ether oxygens (including phenoxy) is 1. The standard InChI is InChI=1S/C14H21NO2S/c1-14(2)9-12-8-11(4-5-13(12)17-14)10-15-6-7-18(3)16/h4-5,8,15H,6-7,9-10H2,1-3H3. The van der Waals surface area contributed by atoms with Gasteiger partial charge >= 0.3 is 0 Å². The third-order valence-electron chi connectivity index (χ3n) is 3.02. The van der Waals surface area contributed by atoms with E-state index in [1.54, 1.807) is 6.26 Å². The normalized spacial score (nSPS) is 18.2. The van der Waals surface area contributed by atoms with Gasteiger partial charge in [0.05, 0.1) is 0 Å². The Balaban J connectivity index is 1.91. The lowest BCUT2D eigenvalue weighted by Gasteiger charge is -2.16. The first-order valence-corrected chi connectivity index (χ1v) is 8.00. The van der Waals surface area contributed by atoms with E-state index < -0.39 is 10.8 Å². The van der Waals surface area contributed by atoms with Gasteiger partial charge in [-0.3, -0.25) is 4.21 Å². The van der Waals surface area contributed by atoms with Gasteiger partial charge in [-0.05, 0) is 31.0 Å². The maximum Gasteiger partial charge on any atom is 0.123 e. The summed E-state index contributed by atoms with van der Waals surface area (Å²) in [5.41, 5.74) is 2.48. The van der Waals surface area contributed by atoms with Crippen molar-refractivity contribution in [1.29, 1.82) is 0 Å². The Labute approximate surface area is 111 Å². The van der Waals surface area contributed by atoms with E-state index >= 15 is 0 Å². The average molecular weight is 267 g/mol. The summed E-state index contributed by atoms with van der Waals surface area (Å²) in [5.74, 6) is 1.72. The molecule has 1 aliphatic heterocycles. The van der Waals surface area contributed by atoms with Crippen LogP contribution in [0.1, 0.15) is 25.0 Å². The van der Waals surface area contributed by atoms with Gasteiger partial charge in [0, 0.05) is 42.3 Å². The molecular weight excluding hydrogens is 246 g/mol. The van der Waals surface area contributed by atoms with Crippen LogP contribution in [0.25, 0.3) is 0 Å². The summed E-state index contributed by atoms with van der Waals surface area (Å²) in [7, 11) is -0.716. The molecule has 1 aromatic carbocycles. The Kier molecular flexibility index (Phi) is 4.07. The van der Waals surface area contributed by atoms with Crippen LogP contribution in [-0.2, 0) is 23.8 Å². The van der Waals surface area contributed by atoms with Gasteiger partial charge in [-0.15, -0.1) is 0 Å². The van der Waals surface area contributed by atoms with E-state index in [9.17, 15) is 4.21 Å². The molecule has 0 bridgehead atoms. The highest BCUT2D eigenvalue weighted by atomic mass is 32.2. The zero-order valence-electron chi connectivity index (χ0n) is 11.3. The molecule has 0 aromatic heterocycles. The van der Waals surface area contributed by atoms with Crippen molar-refractivity contribution in [1.82, 2.24) is 5.32 Å². The maximum absolute atomic E-state index is 10.9. The molecule has 1 aliphatic rings. The summed E-state index contributed by atoms with van der Waals surface area (Å²) in [4.78, 5) is 0. The molecule has 1 aromatic rings. The van der Waals surface area contributed by atoms with Crippen LogP contribution in [0, 0.1) is 0 Å². The van der Waals surface area contributed by atoms with Crippen LogP contribution in [0.3, 0.4) is 0 Å². The molecule has 1 unspecified atom stereocenters. The molecule has 0 spiro atoms. The van der Waals surface area contributed by atoms with Crippen molar-refractivity contribution in [3.8, 4) is 5.75 Å². The Morgan fingerprint density at radius 2 is 2.22 bits per heavy atom. The van der Waals surface area contributed by atoms with Gasteiger partial charge in [-0.1, -0.05) is 12.1 Å². The summed E-state index contributed by atoms with van der Waals surface area (Å²) in [6.07, 6.45) is 2.70. The SMILES string of the molecule is CS(=O)CCNCc1ccc2c(c1)CC(C)(C)O2. The van der Waals surface area contributed by atoms with Gasteiger partial charge in [0.1, 0.15) is 11.4 Å². The van der Waals surface area contributed by atoms with Crippen molar-refractivity contribution in [2.75, 3.05) is 18.6 Å². The highest BCUT2D eigenvalue weighted by molar-refractivity contribution is 7.84. The predicted molar refractivity (Wildman–Crippen MR) is 75.5 cm³/mol. The minimum atomic E-state index is -0.716. The van der Waals surface area contributed by atoms with Crippen molar-refractivity contribution >= 4 is 10.8 Å². The van der Waals surface area contributed by atoms with Gasteiger partial charge < -0.3 is 10.1 Å². The first kappa shape index (κ1) is 13.6. The third-order valence-corrected chi connectivity index (χ3v) is 3.80. The topological polar surface area (TPSA) is 38.3 Å². The zero-order chi connectivity index (χ0) is 13.2. The van der Waals surface area contributed by atoms with Crippen molar-refractivity contribution in [3.63, 3.8) is 0 Å². The number of fused-ring (bicyclic) bond motifs is 1. The van der Waals surface area contributed by atoms with E-state index in [0.717, 1.165) is 25.3 Å². The molecule has 0 amide bonds. The summed E-state index contributed by atoms with van der Waals surface area (Å²) in [6, 6.07) is 6.36. The number of rotatable bonds is 5. The smallest absolute Gasteiger partial charge is 0.123 e. The number of hydrogen-bond acceptors (Lipinski definition) is 3. The first-order chi connectivity index (χ1) is 8.46. The number of benzene rings is 1. The minimum Gasteiger partial charge on any atom is -0.487 e. The third kappa shape index (κ3) is 3.56. The van der Waals surface area contributed by atoms with Crippen LogP contribution in [0.5, 0.6) is 5.75 Å². The van der Waals surface area contributed by atoms with Crippen molar-refractivity contribution in [2.24, 2.45) is 0 Å². The molecular formula is C14H21NO2S. The van der Waals surface area contributed by atoms with Gasteiger partial charge in [-0.25, -0.2) is 0 Å². The molecule has 0 fully saturated rings. The van der Waals surface area contributed by atoms with Crippen LogP contribution in [0.4, 0.5) is 0 Å². The van der Waals surface area contributed by atoms with Crippen LogP contribution in [-0.4, -0.2) is 28.4 Å². The molecule has 0 saturated carbocycles. The quantitative estimate of drug-likeness (QED) is 0.828. The second-order valence-electron chi connectivity index (χ2n) is 5.43. The lowest BCUT2D eigenvalue weighted by molar-refractivity contribution is 0.138. The lowest BCUT2D eigenvalue weighted by Crippen LogP contribution is -2.24. The number of nitrogens with one attached hydrogen (secondary N) is 1. The molecule has 1 atom stereocenters. The molecule has 0 saturated heterocycles. The maximum atomic E-state index is 10.9. The fraction of sp³-hybridized carbons (Fsp3) is 0.571. The largest absolute Gasteiger partial charge is 0.487 e. The Hall–Kier alpha value is -0.870. The molecule has 18 heavy (non-hydrogen) atoms. The zero-order valence-corrected chi connectivity index (χ0v) is 12.1. The fourth-order valence-corrected chi connectivity index (χ4v) is 2.65. The van der Waals surface area contributed by atoms with Crippen LogP contribution >= 0.6 is 0 Å². The van der Waals surface area contributed by atoms with E-state index in [0.29, 0.717) is 5.75 Å². The van der Waals surface area contributed by atoms with E-state index in [1.165, 1.54) is 11.1 Å². The van der Waals surface area contributed by atoms with Crippen LogP contribution < -0.4 is 10.1 Å². The van der Waals surface area contributed by atoms with Crippen molar-refractivity contribution in [3.05, 3.63) is 29.3 Å².